The summed E-state index contributed by atoms with van der Waals surface area (Å²) in [6.45, 7) is 1.41. The van der Waals surface area contributed by atoms with Gasteiger partial charge in [-0.05, 0) is 38.1 Å². The second-order valence-electron chi connectivity index (χ2n) is 5.12. The molecule has 1 heterocycles. The Bertz CT molecular complexity index is 272. The number of nitrogens with two attached hydrogens (primary N) is 1. The zero-order valence-corrected chi connectivity index (χ0v) is 10.5. The Labute approximate surface area is 103 Å². The molecule has 5 nitrogen and oxygen atoms in total. The van der Waals surface area contributed by atoms with Gasteiger partial charge in [-0.3, -0.25) is 15.1 Å². The largest absolute Gasteiger partial charge is 0.383 e. The van der Waals surface area contributed by atoms with Gasteiger partial charge in [0, 0.05) is 13.2 Å². The summed E-state index contributed by atoms with van der Waals surface area (Å²) < 4.78 is 5.17. The highest BCUT2D eigenvalue weighted by molar-refractivity contribution is 5.81. The van der Waals surface area contributed by atoms with Crippen LogP contribution in [0.3, 0.4) is 0 Å². The van der Waals surface area contributed by atoms with Gasteiger partial charge in [0.15, 0.2) is 0 Å². The minimum atomic E-state index is -0.226. The van der Waals surface area contributed by atoms with Crippen LogP contribution in [0.4, 0.5) is 0 Å². The van der Waals surface area contributed by atoms with Crippen LogP contribution in [0.5, 0.6) is 0 Å². The number of piperidine rings is 1. The van der Waals surface area contributed by atoms with Crippen molar-refractivity contribution in [3.63, 3.8) is 0 Å². The first-order valence-electron chi connectivity index (χ1n) is 6.53. The van der Waals surface area contributed by atoms with Crippen molar-refractivity contribution in [2.75, 3.05) is 20.3 Å². The van der Waals surface area contributed by atoms with Crippen molar-refractivity contribution in [2.45, 2.75) is 44.2 Å². The summed E-state index contributed by atoms with van der Waals surface area (Å²) in [5.74, 6) is 5.91. The summed E-state index contributed by atoms with van der Waals surface area (Å²) in [5.41, 5.74) is 2.27. The standard InChI is InChI=1S/C12H23N3O2/c1-17-8-11(12(16)14-13)15-7-3-5-9-4-2-6-10(9)15/h9-11H,2-8,13H2,1H3,(H,14,16). The Morgan fingerprint density at radius 1 is 1.47 bits per heavy atom. The second kappa shape index (κ2) is 5.80. The molecule has 0 aromatic carbocycles. The zero-order chi connectivity index (χ0) is 12.3. The van der Waals surface area contributed by atoms with Crippen molar-refractivity contribution in [2.24, 2.45) is 11.8 Å². The van der Waals surface area contributed by atoms with E-state index in [2.05, 4.69) is 10.3 Å². The van der Waals surface area contributed by atoms with E-state index in [9.17, 15) is 4.79 Å². The maximum absolute atomic E-state index is 11.8. The average molecular weight is 241 g/mol. The number of hydrogen-bond donors (Lipinski definition) is 2. The quantitative estimate of drug-likeness (QED) is 0.421. The summed E-state index contributed by atoms with van der Waals surface area (Å²) in [7, 11) is 1.63. The number of fused-ring (bicyclic) bond motifs is 1. The van der Waals surface area contributed by atoms with Gasteiger partial charge in [0.25, 0.3) is 5.91 Å². The van der Waals surface area contributed by atoms with Crippen molar-refractivity contribution >= 4 is 5.91 Å². The second-order valence-corrected chi connectivity index (χ2v) is 5.12. The van der Waals surface area contributed by atoms with Crippen molar-refractivity contribution in [3.05, 3.63) is 0 Å². The summed E-state index contributed by atoms with van der Waals surface area (Å²) in [6.07, 6.45) is 6.30. The number of carbonyl (C=O) groups excluding carboxylic acids is 1. The molecule has 0 radical (unpaired) electrons. The summed E-state index contributed by atoms with van der Waals surface area (Å²) in [4.78, 5) is 14.1. The van der Waals surface area contributed by atoms with Crippen molar-refractivity contribution in [1.29, 1.82) is 0 Å². The van der Waals surface area contributed by atoms with Crippen LogP contribution in [0.1, 0.15) is 32.1 Å². The predicted octanol–water partition coefficient (Wildman–Crippen LogP) is 0.256. The van der Waals surface area contributed by atoms with E-state index in [1.807, 2.05) is 0 Å². The van der Waals surface area contributed by atoms with Gasteiger partial charge < -0.3 is 4.74 Å². The van der Waals surface area contributed by atoms with Crippen LogP contribution >= 0.6 is 0 Å². The Hall–Kier alpha value is -0.650. The maximum Gasteiger partial charge on any atom is 0.253 e. The van der Waals surface area contributed by atoms with Crippen LogP contribution in [0.2, 0.25) is 0 Å². The molecule has 17 heavy (non-hydrogen) atoms. The van der Waals surface area contributed by atoms with E-state index < -0.39 is 0 Å². The first-order valence-corrected chi connectivity index (χ1v) is 6.53. The van der Waals surface area contributed by atoms with Gasteiger partial charge in [-0.2, -0.15) is 0 Å². The van der Waals surface area contributed by atoms with Gasteiger partial charge in [-0.1, -0.05) is 6.42 Å². The predicted molar refractivity (Wildman–Crippen MR) is 65.1 cm³/mol. The molecule has 2 aliphatic rings. The van der Waals surface area contributed by atoms with Gasteiger partial charge in [-0.15, -0.1) is 0 Å². The molecule has 1 saturated heterocycles. The number of methoxy groups -OCH3 is 1. The lowest BCUT2D eigenvalue weighted by molar-refractivity contribution is -0.131. The van der Waals surface area contributed by atoms with Crippen LogP contribution in [0.25, 0.3) is 0 Å². The van der Waals surface area contributed by atoms with Gasteiger partial charge >= 0.3 is 0 Å². The third-order valence-corrected chi connectivity index (χ3v) is 4.21. The normalized spacial score (nSPS) is 30.9. The molecule has 2 rings (SSSR count). The Kier molecular flexibility index (Phi) is 4.36. The van der Waals surface area contributed by atoms with Crippen molar-refractivity contribution in [3.8, 4) is 0 Å². The third-order valence-electron chi connectivity index (χ3n) is 4.21. The molecule has 1 saturated carbocycles. The first kappa shape index (κ1) is 12.8. The number of nitrogens with one attached hydrogen (secondary N) is 1. The molecule has 0 spiro atoms. The highest BCUT2D eigenvalue weighted by Gasteiger charge is 2.40. The van der Waals surface area contributed by atoms with Crippen LogP contribution in [-0.4, -0.2) is 43.2 Å². The first-order chi connectivity index (χ1) is 8.27. The minimum Gasteiger partial charge on any atom is -0.383 e. The van der Waals surface area contributed by atoms with Crippen LogP contribution in [0.15, 0.2) is 0 Å². The number of likely N-dealkylation sites (tertiary alicyclic amines) is 1. The van der Waals surface area contributed by atoms with Crippen molar-refractivity contribution < 1.29 is 9.53 Å². The topological polar surface area (TPSA) is 67.6 Å². The van der Waals surface area contributed by atoms with E-state index in [1.54, 1.807) is 7.11 Å². The summed E-state index contributed by atoms with van der Waals surface area (Å²) >= 11 is 0. The number of nitrogens with zero attached hydrogens (tertiary/aromatic N) is 1. The molecule has 5 heteroatoms. The Balaban J connectivity index is 2.08. The third kappa shape index (κ3) is 2.61. The number of ether oxygens (including phenoxy) is 1. The summed E-state index contributed by atoms with van der Waals surface area (Å²) in [6, 6.07) is 0.331. The smallest absolute Gasteiger partial charge is 0.253 e. The van der Waals surface area contributed by atoms with Gasteiger partial charge in [0.2, 0.25) is 0 Å². The van der Waals surface area contributed by atoms with Crippen LogP contribution < -0.4 is 11.3 Å². The molecular weight excluding hydrogens is 218 g/mol. The van der Waals surface area contributed by atoms with E-state index in [0.29, 0.717) is 12.6 Å². The van der Waals surface area contributed by atoms with Crippen molar-refractivity contribution in [1.82, 2.24) is 10.3 Å². The number of rotatable bonds is 4. The molecule has 3 N–H and O–H groups in total. The van der Waals surface area contributed by atoms with E-state index >= 15 is 0 Å². The fourth-order valence-corrected chi connectivity index (χ4v) is 3.46. The maximum atomic E-state index is 11.8. The van der Waals surface area contributed by atoms with Crippen LogP contribution in [0, 0.1) is 5.92 Å². The van der Waals surface area contributed by atoms with Gasteiger partial charge in [-0.25, -0.2) is 5.84 Å². The molecule has 1 aliphatic carbocycles. The molecule has 98 valence electrons. The average Bonchev–Trinajstić information content (AvgIpc) is 2.83. The molecule has 0 aromatic heterocycles. The fourth-order valence-electron chi connectivity index (χ4n) is 3.46. The highest BCUT2D eigenvalue weighted by Crippen LogP contribution is 2.37. The highest BCUT2D eigenvalue weighted by atomic mass is 16.5. The molecule has 3 atom stereocenters. The van der Waals surface area contributed by atoms with E-state index in [1.165, 1.54) is 32.1 Å². The zero-order valence-electron chi connectivity index (χ0n) is 10.5. The molecule has 2 fully saturated rings. The SMILES string of the molecule is COCC(C(=O)NN)N1CCCC2CCCC21. The van der Waals surface area contributed by atoms with Gasteiger partial charge in [0.05, 0.1) is 6.61 Å². The minimum absolute atomic E-state index is 0.126. The molecular formula is C12H23N3O2. The van der Waals surface area contributed by atoms with E-state index in [0.717, 1.165) is 12.5 Å². The number of amides is 1. The van der Waals surface area contributed by atoms with Crippen LogP contribution in [-0.2, 0) is 9.53 Å². The van der Waals surface area contributed by atoms with E-state index in [4.69, 9.17) is 10.6 Å². The lowest BCUT2D eigenvalue weighted by atomic mass is 9.90. The molecule has 0 bridgehead atoms. The molecule has 1 aliphatic heterocycles. The molecule has 1 amide bonds. The number of carbonyl (C=O) groups is 1. The van der Waals surface area contributed by atoms with Gasteiger partial charge in [0.1, 0.15) is 6.04 Å². The number of hydrogen-bond acceptors (Lipinski definition) is 4. The Morgan fingerprint density at radius 2 is 2.24 bits per heavy atom. The lowest BCUT2D eigenvalue weighted by Crippen LogP contribution is -2.57. The molecule has 3 unspecified atom stereocenters. The Morgan fingerprint density at radius 3 is 2.94 bits per heavy atom. The van der Waals surface area contributed by atoms with E-state index in [-0.39, 0.29) is 11.9 Å². The fraction of sp³-hybridized carbons (Fsp3) is 0.917. The monoisotopic (exact) mass is 241 g/mol. The number of hydrazine groups is 1. The summed E-state index contributed by atoms with van der Waals surface area (Å²) in [5, 5.41) is 0. The molecule has 0 aromatic rings. The lowest BCUT2D eigenvalue weighted by Gasteiger charge is -2.41.